The number of nitrogens with zero attached hydrogens (tertiary/aromatic N) is 4. The van der Waals surface area contributed by atoms with Gasteiger partial charge in [0.05, 0.1) is 19.0 Å². The molecule has 202 valence electrons. The van der Waals surface area contributed by atoms with Gasteiger partial charge in [0.2, 0.25) is 5.75 Å². The zero-order valence-electron chi connectivity index (χ0n) is 22.9. The first-order valence-electron chi connectivity index (χ1n) is 12.8. The van der Waals surface area contributed by atoms with Gasteiger partial charge in [-0.05, 0) is 68.7 Å². The lowest BCUT2D eigenvalue weighted by molar-refractivity contribution is 0.0240. The van der Waals surface area contributed by atoms with Crippen molar-refractivity contribution in [1.82, 2.24) is 14.7 Å². The lowest BCUT2D eigenvalue weighted by atomic mass is 10.0. The average Bonchev–Trinajstić information content (AvgIpc) is 2.89. The van der Waals surface area contributed by atoms with Gasteiger partial charge in [-0.2, -0.15) is 9.78 Å². The maximum Gasteiger partial charge on any atom is 0.410 e. The van der Waals surface area contributed by atoms with Gasteiger partial charge in [0.25, 0.3) is 0 Å². The SMILES string of the molecule is COc1ccc(Oc2c(N3CCN(C(=O)OC(C)(C)C)CC3)cnn(-c3ccc(C(C)C)cc3)c2=O)cc1. The normalized spacial score (nSPS) is 14.0. The average molecular weight is 521 g/mol. The van der Waals surface area contributed by atoms with E-state index < -0.39 is 5.60 Å². The third kappa shape index (κ3) is 6.27. The zero-order valence-corrected chi connectivity index (χ0v) is 22.9. The van der Waals surface area contributed by atoms with Crippen molar-refractivity contribution < 1.29 is 19.0 Å². The second-order valence-corrected chi connectivity index (χ2v) is 10.6. The van der Waals surface area contributed by atoms with Crippen LogP contribution in [0.2, 0.25) is 0 Å². The fraction of sp³-hybridized carbons (Fsp3) is 0.414. The smallest absolute Gasteiger partial charge is 0.410 e. The van der Waals surface area contributed by atoms with Gasteiger partial charge in [-0.3, -0.25) is 4.79 Å². The highest BCUT2D eigenvalue weighted by atomic mass is 16.6. The topological polar surface area (TPSA) is 86.1 Å². The number of amides is 1. The van der Waals surface area contributed by atoms with Crippen LogP contribution in [0.15, 0.2) is 59.5 Å². The van der Waals surface area contributed by atoms with Gasteiger partial charge in [-0.15, -0.1) is 0 Å². The minimum atomic E-state index is -0.560. The summed E-state index contributed by atoms with van der Waals surface area (Å²) in [7, 11) is 1.59. The first-order valence-corrected chi connectivity index (χ1v) is 12.8. The quantitative estimate of drug-likeness (QED) is 0.441. The summed E-state index contributed by atoms with van der Waals surface area (Å²) in [4.78, 5) is 30.0. The predicted molar refractivity (Wildman–Crippen MR) is 147 cm³/mol. The van der Waals surface area contributed by atoms with E-state index in [1.165, 1.54) is 10.2 Å². The Morgan fingerprint density at radius 2 is 1.53 bits per heavy atom. The van der Waals surface area contributed by atoms with E-state index in [-0.39, 0.29) is 17.4 Å². The Labute approximate surface area is 223 Å². The van der Waals surface area contributed by atoms with Crippen LogP contribution in [0, 0.1) is 0 Å². The molecule has 3 aromatic rings. The van der Waals surface area contributed by atoms with Gasteiger partial charge < -0.3 is 24.0 Å². The van der Waals surface area contributed by atoms with E-state index in [4.69, 9.17) is 14.2 Å². The minimum Gasteiger partial charge on any atom is -0.497 e. The van der Waals surface area contributed by atoms with E-state index in [2.05, 4.69) is 18.9 Å². The maximum absolute atomic E-state index is 13.7. The van der Waals surface area contributed by atoms with Crippen molar-refractivity contribution in [3.63, 3.8) is 0 Å². The number of carbonyl (C=O) groups is 1. The number of methoxy groups -OCH3 is 1. The van der Waals surface area contributed by atoms with Gasteiger partial charge in [-0.25, -0.2) is 4.79 Å². The summed E-state index contributed by atoms with van der Waals surface area (Å²) in [6, 6.07) is 14.8. The highest BCUT2D eigenvalue weighted by molar-refractivity contribution is 5.69. The summed E-state index contributed by atoms with van der Waals surface area (Å²) in [5.41, 5.74) is 1.47. The Kier molecular flexibility index (Phi) is 7.94. The first-order chi connectivity index (χ1) is 18.1. The molecule has 1 amide bonds. The van der Waals surface area contributed by atoms with E-state index >= 15 is 0 Å². The molecule has 0 aliphatic carbocycles. The molecule has 0 atom stereocenters. The molecule has 4 rings (SSSR count). The fourth-order valence-corrected chi connectivity index (χ4v) is 4.15. The number of anilines is 1. The predicted octanol–water partition coefficient (Wildman–Crippen LogP) is 5.21. The number of hydrogen-bond acceptors (Lipinski definition) is 7. The molecule has 0 saturated carbocycles. The summed E-state index contributed by atoms with van der Waals surface area (Å²) >= 11 is 0. The van der Waals surface area contributed by atoms with E-state index in [0.29, 0.717) is 55.0 Å². The summed E-state index contributed by atoms with van der Waals surface area (Å²) in [6.45, 7) is 11.7. The Morgan fingerprint density at radius 3 is 2.08 bits per heavy atom. The number of ether oxygens (including phenoxy) is 3. The minimum absolute atomic E-state index is 0.170. The van der Waals surface area contributed by atoms with Crippen molar-refractivity contribution in [2.45, 2.75) is 46.1 Å². The van der Waals surface area contributed by atoms with E-state index in [1.54, 1.807) is 42.5 Å². The Hall–Kier alpha value is -4.01. The van der Waals surface area contributed by atoms with Crippen molar-refractivity contribution >= 4 is 11.8 Å². The second kappa shape index (κ2) is 11.2. The number of rotatable bonds is 6. The van der Waals surface area contributed by atoms with Gasteiger partial charge in [0.1, 0.15) is 22.8 Å². The highest BCUT2D eigenvalue weighted by Crippen LogP contribution is 2.31. The van der Waals surface area contributed by atoms with Crippen LogP contribution in [-0.4, -0.2) is 59.7 Å². The van der Waals surface area contributed by atoms with Crippen molar-refractivity contribution in [2.75, 3.05) is 38.2 Å². The van der Waals surface area contributed by atoms with Crippen LogP contribution >= 0.6 is 0 Å². The molecular formula is C29H36N4O5. The number of carbonyl (C=O) groups excluding carboxylic acids is 1. The monoisotopic (exact) mass is 520 g/mol. The van der Waals surface area contributed by atoms with Crippen LogP contribution in [0.4, 0.5) is 10.5 Å². The molecule has 0 radical (unpaired) electrons. The van der Waals surface area contributed by atoms with Crippen LogP contribution in [-0.2, 0) is 4.74 Å². The molecule has 1 aliphatic heterocycles. The van der Waals surface area contributed by atoms with Crippen molar-refractivity contribution in [3.8, 4) is 22.9 Å². The van der Waals surface area contributed by atoms with Crippen molar-refractivity contribution in [1.29, 1.82) is 0 Å². The number of piperazine rings is 1. The third-order valence-electron chi connectivity index (χ3n) is 6.27. The summed E-state index contributed by atoms with van der Waals surface area (Å²) in [5.74, 6) is 1.74. The maximum atomic E-state index is 13.7. The molecular weight excluding hydrogens is 484 g/mol. The van der Waals surface area contributed by atoms with Crippen LogP contribution < -0.4 is 19.9 Å². The lowest BCUT2D eigenvalue weighted by Gasteiger charge is -2.37. The molecule has 0 spiro atoms. The largest absolute Gasteiger partial charge is 0.497 e. The molecule has 1 aromatic heterocycles. The van der Waals surface area contributed by atoms with Crippen LogP contribution in [0.25, 0.3) is 5.69 Å². The van der Waals surface area contributed by atoms with Gasteiger partial charge >= 0.3 is 11.7 Å². The Morgan fingerprint density at radius 1 is 0.921 bits per heavy atom. The molecule has 1 saturated heterocycles. The standard InChI is InChI=1S/C29H36N4O5/c1-20(2)21-7-9-22(10-8-21)33-27(34)26(37-24-13-11-23(36-6)12-14-24)25(19-30-33)31-15-17-32(18-16-31)28(35)38-29(3,4)5/h7-14,19-20H,15-18H2,1-6H3. The fourth-order valence-electron chi connectivity index (χ4n) is 4.15. The van der Waals surface area contributed by atoms with Crippen LogP contribution in [0.3, 0.4) is 0 Å². The lowest BCUT2D eigenvalue weighted by Crippen LogP contribution is -2.50. The van der Waals surface area contributed by atoms with E-state index in [0.717, 1.165) is 0 Å². The molecule has 1 aliphatic rings. The molecule has 9 nitrogen and oxygen atoms in total. The molecule has 1 fully saturated rings. The molecule has 0 unspecified atom stereocenters. The van der Waals surface area contributed by atoms with Gasteiger partial charge in [0.15, 0.2) is 0 Å². The number of benzene rings is 2. The van der Waals surface area contributed by atoms with Crippen LogP contribution in [0.1, 0.15) is 46.1 Å². The first kappa shape index (κ1) is 27.0. The molecule has 0 bridgehead atoms. The van der Waals surface area contributed by atoms with Crippen LogP contribution in [0.5, 0.6) is 17.2 Å². The molecule has 0 N–H and O–H groups in total. The van der Waals surface area contributed by atoms with E-state index in [9.17, 15) is 9.59 Å². The Balaban J connectivity index is 1.65. The van der Waals surface area contributed by atoms with Gasteiger partial charge in [0, 0.05) is 26.2 Å². The highest BCUT2D eigenvalue weighted by Gasteiger charge is 2.28. The summed E-state index contributed by atoms with van der Waals surface area (Å²) in [5, 5.41) is 4.49. The molecule has 2 heterocycles. The number of aromatic nitrogens is 2. The zero-order chi connectivity index (χ0) is 27.4. The molecule has 38 heavy (non-hydrogen) atoms. The molecule has 2 aromatic carbocycles. The van der Waals surface area contributed by atoms with Gasteiger partial charge in [-0.1, -0.05) is 26.0 Å². The van der Waals surface area contributed by atoms with E-state index in [1.807, 2.05) is 49.9 Å². The summed E-state index contributed by atoms with van der Waals surface area (Å²) in [6.07, 6.45) is 1.31. The summed E-state index contributed by atoms with van der Waals surface area (Å²) < 4.78 is 18.3. The third-order valence-corrected chi connectivity index (χ3v) is 6.27. The van der Waals surface area contributed by atoms with Crippen molar-refractivity contribution in [3.05, 3.63) is 70.6 Å². The second-order valence-electron chi connectivity index (χ2n) is 10.6. The number of hydrogen-bond donors (Lipinski definition) is 0. The van der Waals surface area contributed by atoms with Crippen molar-refractivity contribution in [2.24, 2.45) is 0 Å². The Bertz CT molecular complexity index is 1300. The molecule has 9 heteroatoms.